The summed E-state index contributed by atoms with van der Waals surface area (Å²) in [5, 5.41) is 2.91. The second kappa shape index (κ2) is 6.04. The van der Waals surface area contributed by atoms with Crippen LogP contribution in [0.15, 0.2) is 30.5 Å². The fourth-order valence-electron chi connectivity index (χ4n) is 1.63. The molecule has 0 saturated heterocycles. The van der Waals surface area contributed by atoms with E-state index in [0.717, 1.165) is 9.21 Å². The summed E-state index contributed by atoms with van der Waals surface area (Å²) in [6, 6.07) is 7.17. The maximum Gasteiger partial charge on any atom is 0.226 e. The number of carbonyl (C=O) groups excluding carboxylic acids is 1. The average molecular weight is 296 g/mol. The first kappa shape index (κ1) is 13.8. The molecule has 0 aliphatic rings. The molecule has 6 heteroatoms. The van der Waals surface area contributed by atoms with Crippen molar-refractivity contribution in [2.75, 3.05) is 5.73 Å². The van der Waals surface area contributed by atoms with Crippen molar-refractivity contribution in [1.29, 1.82) is 0 Å². The molecule has 0 aromatic carbocycles. The van der Waals surface area contributed by atoms with Crippen LogP contribution in [0, 0.1) is 0 Å². The van der Waals surface area contributed by atoms with E-state index >= 15 is 0 Å². The Hall–Kier alpha value is -1.59. The summed E-state index contributed by atoms with van der Waals surface area (Å²) in [6.07, 6.45) is 1.79. The highest BCUT2D eigenvalue weighted by Gasteiger charge is 2.12. The fourth-order valence-corrected chi connectivity index (χ4v) is 2.69. The summed E-state index contributed by atoms with van der Waals surface area (Å²) >= 11 is 7.33. The lowest BCUT2D eigenvalue weighted by Gasteiger charge is -2.11. The van der Waals surface area contributed by atoms with Crippen molar-refractivity contribution in [2.24, 2.45) is 0 Å². The number of halogens is 1. The van der Waals surface area contributed by atoms with Gasteiger partial charge in [0.2, 0.25) is 5.91 Å². The summed E-state index contributed by atoms with van der Waals surface area (Å²) in [5.41, 5.74) is 6.83. The second-order valence-electron chi connectivity index (χ2n) is 4.19. The zero-order valence-corrected chi connectivity index (χ0v) is 12.0. The number of pyridine rings is 1. The zero-order valence-electron chi connectivity index (χ0n) is 10.4. The number of amides is 1. The van der Waals surface area contributed by atoms with E-state index < -0.39 is 0 Å². The third kappa shape index (κ3) is 3.94. The molecule has 2 heterocycles. The van der Waals surface area contributed by atoms with Gasteiger partial charge in [-0.2, -0.15) is 0 Å². The molecule has 0 aliphatic carbocycles. The fraction of sp³-hybridized carbons (Fsp3) is 0.231. The molecule has 100 valence electrons. The molecule has 1 amide bonds. The smallest absolute Gasteiger partial charge is 0.226 e. The molecule has 0 saturated carbocycles. The van der Waals surface area contributed by atoms with Gasteiger partial charge in [-0.1, -0.05) is 11.6 Å². The van der Waals surface area contributed by atoms with E-state index in [1.807, 2.05) is 19.1 Å². The molecule has 0 bridgehead atoms. The normalized spacial score (nSPS) is 12.1. The Morgan fingerprint density at radius 3 is 2.84 bits per heavy atom. The molecule has 1 unspecified atom stereocenters. The van der Waals surface area contributed by atoms with E-state index in [1.165, 1.54) is 11.3 Å². The van der Waals surface area contributed by atoms with Gasteiger partial charge in [-0.3, -0.25) is 9.78 Å². The van der Waals surface area contributed by atoms with Gasteiger partial charge in [-0.15, -0.1) is 11.3 Å². The van der Waals surface area contributed by atoms with Crippen LogP contribution < -0.4 is 11.1 Å². The molecule has 2 aromatic heterocycles. The number of carbonyl (C=O) groups is 1. The minimum Gasteiger partial charge on any atom is -0.397 e. The van der Waals surface area contributed by atoms with Crippen LogP contribution in [0.2, 0.25) is 4.34 Å². The van der Waals surface area contributed by atoms with Crippen LogP contribution in [0.4, 0.5) is 5.69 Å². The third-order valence-electron chi connectivity index (χ3n) is 2.59. The predicted octanol–water partition coefficient (Wildman–Crippen LogP) is 2.80. The first-order valence-electron chi connectivity index (χ1n) is 5.79. The first-order valence-corrected chi connectivity index (χ1v) is 6.99. The molecular weight excluding hydrogens is 282 g/mol. The van der Waals surface area contributed by atoms with Crippen molar-refractivity contribution in [3.8, 4) is 0 Å². The lowest BCUT2D eigenvalue weighted by molar-refractivity contribution is -0.121. The minimum absolute atomic E-state index is 0.0567. The number of aromatic nitrogens is 1. The molecular formula is C13H14ClN3OS. The van der Waals surface area contributed by atoms with Gasteiger partial charge >= 0.3 is 0 Å². The van der Waals surface area contributed by atoms with Gasteiger partial charge in [0.1, 0.15) is 0 Å². The van der Waals surface area contributed by atoms with E-state index in [4.69, 9.17) is 17.3 Å². The van der Waals surface area contributed by atoms with E-state index in [1.54, 1.807) is 18.3 Å². The number of nitrogens with zero attached hydrogens (tertiary/aromatic N) is 1. The quantitative estimate of drug-likeness (QED) is 0.911. The number of anilines is 1. The third-order valence-corrected chi connectivity index (χ3v) is 4.00. The molecule has 0 fully saturated rings. The zero-order chi connectivity index (χ0) is 13.8. The van der Waals surface area contributed by atoms with Crippen LogP contribution in [-0.2, 0) is 11.2 Å². The Morgan fingerprint density at radius 1 is 1.47 bits per heavy atom. The number of thiophene rings is 1. The predicted molar refractivity (Wildman–Crippen MR) is 78.2 cm³/mol. The van der Waals surface area contributed by atoms with E-state index in [-0.39, 0.29) is 18.4 Å². The van der Waals surface area contributed by atoms with Crippen molar-refractivity contribution >= 4 is 34.5 Å². The molecule has 2 aromatic rings. The number of hydrogen-bond acceptors (Lipinski definition) is 4. The number of nitrogen functional groups attached to an aromatic ring is 1. The monoisotopic (exact) mass is 295 g/mol. The Morgan fingerprint density at radius 2 is 2.26 bits per heavy atom. The van der Waals surface area contributed by atoms with Crippen molar-refractivity contribution in [1.82, 2.24) is 10.3 Å². The minimum atomic E-state index is -0.0747. The Bertz CT molecular complexity index is 568. The number of nitrogens with one attached hydrogen (secondary N) is 1. The SMILES string of the molecule is CC(NC(=O)Cc1ccc(N)cn1)c1ccc(Cl)s1. The van der Waals surface area contributed by atoms with Crippen LogP contribution >= 0.6 is 22.9 Å². The maximum absolute atomic E-state index is 11.9. The van der Waals surface area contributed by atoms with Gasteiger partial charge < -0.3 is 11.1 Å². The highest BCUT2D eigenvalue weighted by molar-refractivity contribution is 7.16. The van der Waals surface area contributed by atoms with Gasteiger partial charge in [-0.25, -0.2) is 0 Å². The Labute approximate surface area is 120 Å². The summed E-state index contributed by atoms with van der Waals surface area (Å²) in [5.74, 6) is -0.0747. The first-order chi connectivity index (χ1) is 9.04. The molecule has 19 heavy (non-hydrogen) atoms. The molecule has 2 rings (SSSR count). The van der Waals surface area contributed by atoms with Crippen molar-refractivity contribution in [3.63, 3.8) is 0 Å². The number of nitrogens with two attached hydrogens (primary N) is 1. The largest absolute Gasteiger partial charge is 0.397 e. The molecule has 0 spiro atoms. The van der Waals surface area contributed by atoms with Crippen molar-refractivity contribution in [3.05, 3.63) is 45.4 Å². The Balaban J connectivity index is 1.92. The van der Waals surface area contributed by atoms with Gasteiger partial charge in [0, 0.05) is 10.6 Å². The molecule has 4 nitrogen and oxygen atoms in total. The summed E-state index contributed by atoms with van der Waals surface area (Å²) < 4.78 is 0.719. The van der Waals surface area contributed by atoms with Gasteiger partial charge in [-0.05, 0) is 31.2 Å². The molecule has 3 N–H and O–H groups in total. The van der Waals surface area contributed by atoms with E-state index in [9.17, 15) is 4.79 Å². The molecule has 1 atom stereocenters. The number of rotatable bonds is 4. The highest BCUT2D eigenvalue weighted by atomic mass is 35.5. The maximum atomic E-state index is 11.9. The number of hydrogen-bond donors (Lipinski definition) is 2. The summed E-state index contributed by atoms with van der Waals surface area (Å²) in [6.45, 7) is 1.93. The van der Waals surface area contributed by atoms with Crippen molar-refractivity contribution < 1.29 is 4.79 Å². The highest BCUT2D eigenvalue weighted by Crippen LogP contribution is 2.26. The van der Waals surface area contributed by atoms with E-state index in [2.05, 4.69) is 10.3 Å². The van der Waals surface area contributed by atoms with Gasteiger partial charge in [0.05, 0.1) is 28.7 Å². The van der Waals surface area contributed by atoms with Crippen LogP contribution in [0.25, 0.3) is 0 Å². The lowest BCUT2D eigenvalue weighted by Crippen LogP contribution is -2.27. The molecule has 0 radical (unpaired) electrons. The molecule has 0 aliphatic heterocycles. The van der Waals surface area contributed by atoms with Gasteiger partial charge in [0.25, 0.3) is 0 Å². The lowest BCUT2D eigenvalue weighted by atomic mass is 10.2. The van der Waals surface area contributed by atoms with Gasteiger partial charge in [0.15, 0.2) is 0 Å². The summed E-state index contributed by atoms with van der Waals surface area (Å²) in [4.78, 5) is 17.0. The topological polar surface area (TPSA) is 68.0 Å². The Kier molecular flexibility index (Phi) is 4.39. The van der Waals surface area contributed by atoms with Crippen molar-refractivity contribution in [2.45, 2.75) is 19.4 Å². The van der Waals surface area contributed by atoms with Crippen LogP contribution in [0.5, 0.6) is 0 Å². The summed E-state index contributed by atoms with van der Waals surface area (Å²) in [7, 11) is 0. The second-order valence-corrected chi connectivity index (χ2v) is 5.94. The van der Waals surface area contributed by atoms with Crippen LogP contribution in [0.3, 0.4) is 0 Å². The van der Waals surface area contributed by atoms with Crippen LogP contribution in [0.1, 0.15) is 23.5 Å². The van der Waals surface area contributed by atoms with Crippen LogP contribution in [-0.4, -0.2) is 10.9 Å². The standard InChI is InChI=1S/C13H14ClN3OS/c1-8(11-4-5-12(14)19-11)17-13(18)6-10-3-2-9(15)7-16-10/h2-5,7-8H,6,15H2,1H3,(H,17,18). The average Bonchev–Trinajstić information content (AvgIpc) is 2.79. The van der Waals surface area contributed by atoms with E-state index in [0.29, 0.717) is 11.4 Å².